The fraction of sp³-hybridized carbons (Fsp3) is 0.846. The lowest BCUT2D eigenvalue weighted by molar-refractivity contribution is -0.141. The predicted octanol–water partition coefficient (Wildman–Crippen LogP) is 2.36. The lowest BCUT2D eigenvalue weighted by atomic mass is 9.87. The van der Waals surface area contributed by atoms with Gasteiger partial charge in [0.1, 0.15) is 6.04 Å². The van der Waals surface area contributed by atoms with Crippen LogP contribution in [-0.4, -0.2) is 28.7 Å². The van der Waals surface area contributed by atoms with Gasteiger partial charge in [0.25, 0.3) is 0 Å². The third-order valence-corrected chi connectivity index (χ3v) is 2.72. The van der Waals surface area contributed by atoms with Crippen LogP contribution in [0.1, 0.15) is 54.4 Å². The van der Waals surface area contributed by atoms with Crippen LogP contribution < -0.4 is 10.6 Å². The quantitative estimate of drug-likeness (QED) is 0.708. The monoisotopic (exact) mass is 258 g/mol. The van der Waals surface area contributed by atoms with E-state index in [-0.39, 0.29) is 5.54 Å². The van der Waals surface area contributed by atoms with Crippen LogP contribution in [0.5, 0.6) is 0 Å². The number of carboxylic acids is 1. The SMILES string of the molecule is CCCC(C)(C)NC(=O)N[C@H](C(=O)O)C(C)(C)C. The van der Waals surface area contributed by atoms with Crippen LogP contribution in [0.3, 0.4) is 0 Å². The fourth-order valence-corrected chi connectivity index (χ4v) is 1.81. The van der Waals surface area contributed by atoms with E-state index in [1.54, 1.807) is 20.8 Å². The van der Waals surface area contributed by atoms with Crippen LogP contribution in [0.4, 0.5) is 4.79 Å². The predicted molar refractivity (Wildman–Crippen MR) is 71.5 cm³/mol. The Morgan fingerprint density at radius 3 is 2.00 bits per heavy atom. The lowest BCUT2D eigenvalue weighted by Crippen LogP contribution is -2.56. The molecule has 0 fully saturated rings. The maximum Gasteiger partial charge on any atom is 0.326 e. The molecule has 18 heavy (non-hydrogen) atoms. The van der Waals surface area contributed by atoms with E-state index in [9.17, 15) is 9.59 Å². The Morgan fingerprint density at radius 2 is 1.67 bits per heavy atom. The molecule has 0 aliphatic heterocycles. The van der Waals surface area contributed by atoms with E-state index in [1.807, 2.05) is 20.8 Å². The number of amides is 2. The summed E-state index contributed by atoms with van der Waals surface area (Å²) in [6.07, 6.45) is 1.79. The number of carbonyl (C=O) groups is 2. The van der Waals surface area contributed by atoms with Gasteiger partial charge in [-0.2, -0.15) is 0 Å². The highest BCUT2D eigenvalue weighted by atomic mass is 16.4. The number of carboxylic acid groups (broad SMARTS) is 1. The Bertz CT molecular complexity index is 306. The van der Waals surface area contributed by atoms with Gasteiger partial charge in [0.2, 0.25) is 0 Å². The summed E-state index contributed by atoms with van der Waals surface area (Å²) in [5.74, 6) is -1.02. The van der Waals surface area contributed by atoms with Crippen molar-refractivity contribution in [2.24, 2.45) is 5.41 Å². The zero-order chi connectivity index (χ0) is 14.6. The second-order valence-corrected chi connectivity index (χ2v) is 6.37. The van der Waals surface area contributed by atoms with E-state index < -0.39 is 23.5 Å². The molecule has 1 atom stereocenters. The van der Waals surface area contributed by atoms with Crippen LogP contribution >= 0.6 is 0 Å². The molecule has 0 radical (unpaired) electrons. The molecular formula is C13H26N2O3. The largest absolute Gasteiger partial charge is 0.480 e. The van der Waals surface area contributed by atoms with E-state index in [2.05, 4.69) is 10.6 Å². The number of hydrogen-bond acceptors (Lipinski definition) is 2. The molecular weight excluding hydrogens is 232 g/mol. The minimum atomic E-state index is -1.02. The molecule has 0 rings (SSSR count). The molecule has 0 saturated carbocycles. The van der Waals surface area contributed by atoms with Gasteiger partial charge < -0.3 is 15.7 Å². The summed E-state index contributed by atoms with van der Waals surface area (Å²) in [7, 11) is 0. The number of rotatable bonds is 5. The molecule has 0 aromatic carbocycles. The highest BCUT2D eigenvalue weighted by Gasteiger charge is 2.33. The topological polar surface area (TPSA) is 78.4 Å². The molecule has 0 aliphatic carbocycles. The number of hydrogen-bond donors (Lipinski definition) is 3. The van der Waals surface area contributed by atoms with Crippen molar-refractivity contribution in [3.8, 4) is 0 Å². The average Bonchev–Trinajstić information content (AvgIpc) is 2.10. The highest BCUT2D eigenvalue weighted by molar-refractivity contribution is 5.83. The Hall–Kier alpha value is -1.26. The minimum Gasteiger partial charge on any atom is -0.480 e. The first-order valence-corrected chi connectivity index (χ1v) is 6.31. The van der Waals surface area contributed by atoms with Crippen LogP contribution in [-0.2, 0) is 4.79 Å². The molecule has 0 bridgehead atoms. The van der Waals surface area contributed by atoms with Crippen LogP contribution in [0.15, 0.2) is 0 Å². The number of aliphatic carboxylic acids is 1. The van der Waals surface area contributed by atoms with Gasteiger partial charge in [-0.15, -0.1) is 0 Å². The van der Waals surface area contributed by atoms with Crippen molar-refractivity contribution < 1.29 is 14.7 Å². The maximum absolute atomic E-state index is 11.8. The summed E-state index contributed by atoms with van der Waals surface area (Å²) >= 11 is 0. The van der Waals surface area contributed by atoms with Gasteiger partial charge in [0.05, 0.1) is 0 Å². The van der Waals surface area contributed by atoms with E-state index in [0.29, 0.717) is 0 Å². The molecule has 5 heteroatoms. The number of urea groups is 1. The first-order chi connectivity index (χ1) is 7.99. The van der Waals surface area contributed by atoms with Crippen molar-refractivity contribution in [2.75, 3.05) is 0 Å². The fourth-order valence-electron chi connectivity index (χ4n) is 1.81. The van der Waals surface area contributed by atoms with E-state index >= 15 is 0 Å². The summed E-state index contributed by atoms with van der Waals surface area (Å²) in [6, 6.07) is -1.34. The maximum atomic E-state index is 11.8. The smallest absolute Gasteiger partial charge is 0.326 e. The Labute approximate surface area is 109 Å². The number of nitrogens with one attached hydrogen (secondary N) is 2. The molecule has 106 valence electrons. The van der Waals surface area contributed by atoms with Gasteiger partial charge in [-0.3, -0.25) is 0 Å². The Balaban J connectivity index is 4.59. The first kappa shape index (κ1) is 16.7. The zero-order valence-corrected chi connectivity index (χ0v) is 12.3. The van der Waals surface area contributed by atoms with Crippen molar-refractivity contribution >= 4 is 12.0 Å². The average molecular weight is 258 g/mol. The van der Waals surface area contributed by atoms with E-state index in [1.165, 1.54) is 0 Å². The summed E-state index contributed by atoms with van der Waals surface area (Å²) in [4.78, 5) is 22.9. The Morgan fingerprint density at radius 1 is 1.17 bits per heavy atom. The van der Waals surface area contributed by atoms with Crippen LogP contribution in [0.25, 0.3) is 0 Å². The second kappa shape index (κ2) is 6.07. The van der Waals surface area contributed by atoms with Crippen LogP contribution in [0, 0.1) is 5.41 Å². The van der Waals surface area contributed by atoms with Crippen molar-refractivity contribution in [2.45, 2.75) is 66.0 Å². The van der Waals surface area contributed by atoms with E-state index in [4.69, 9.17) is 5.11 Å². The molecule has 2 amide bonds. The molecule has 0 heterocycles. The standard InChI is InChI=1S/C13H26N2O3/c1-7-8-13(5,6)15-11(18)14-9(10(16)17)12(2,3)4/h9H,7-8H2,1-6H3,(H,16,17)(H2,14,15,18)/t9-/m1/s1. The number of carbonyl (C=O) groups excluding carboxylic acids is 1. The van der Waals surface area contributed by atoms with Gasteiger partial charge in [-0.1, -0.05) is 34.1 Å². The molecule has 0 unspecified atom stereocenters. The molecule has 5 nitrogen and oxygen atoms in total. The van der Waals surface area contributed by atoms with Gasteiger partial charge in [-0.05, 0) is 25.7 Å². The van der Waals surface area contributed by atoms with Gasteiger partial charge in [-0.25, -0.2) is 9.59 Å². The first-order valence-electron chi connectivity index (χ1n) is 6.31. The van der Waals surface area contributed by atoms with Crippen molar-refractivity contribution in [1.82, 2.24) is 10.6 Å². The normalized spacial score (nSPS) is 13.9. The zero-order valence-electron chi connectivity index (χ0n) is 12.3. The second-order valence-electron chi connectivity index (χ2n) is 6.37. The van der Waals surface area contributed by atoms with Gasteiger partial charge in [0.15, 0.2) is 0 Å². The minimum absolute atomic E-state index is 0.334. The summed E-state index contributed by atoms with van der Waals surface area (Å²) in [5.41, 5.74) is -0.863. The van der Waals surface area contributed by atoms with Crippen LogP contribution in [0.2, 0.25) is 0 Å². The third kappa shape index (κ3) is 5.89. The lowest BCUT2D eigenvalue weighted by Gasteiger charge is -2.31. The molecule has 0 spiro atoms. The third-order valence-electron chi connectivity index (χ3n) is 2.72. The molecule has 0 saturated heterocycles. The Kier molecular flexibility index (Phi) is 5.64. The summed E-state index contributed by atoms with van der Waals surface area (Å²) < 4.78 is 0. The highest BCUT2D eigenvalue weighted by Crippen LogP contribution is 2.19. The van der Waals surface area contributed by atoms with Crippen molar-refractivity contribution in [1.29, 1.82) is 0 Å². The molecule has 0 aliphatic rings. The summed E-state index contributed by atoms with van der Waals surface area (Å²) in [6.45, 7) is 11.2. The van der Waals surface area contributed by atoms with E-state index in [0.717, 1.165) is 12.8 Å². The molecule has 3 N–H and O–H groups in total. The van der Waals surface area contributed by atoms with Crippen molar-refractivity contribution in [3.05, 3.63) is 0 Å². The van der Waals surface area contributed by atoms with Gasteiger partial charge >= 0.3 is 12.0 Å². The van der Waals surface area contributed by atoms with Crippen molar-refractivity contribution in [3.63, 3.8) is 0 Å². The molecule has 0 aromatic heterocycles. The van der Waals surface area contributed by atoms with Gasteiger partial charge in [0, 0.05) is 5.54 Å². The molecule has 0 aromatic rings. The summed E-state index contributed by atoms with van der Waals surface area (Å²) in [5, 5.41) is 14.4.